The molecule has 150 valence electrons. The lowest BCUT2D eigenvalue weighted by atomic mass is 9.97. The van der Waals surface area contributed by atoms with Crippen LogP contribution in [0.1, 0.15) is 40.0 Å². The lowest BCUT2D eigenvalue weighted by Crippen LogP contribution is -2.43. The summed E-state index contributed by atoms with van der Waals surface area (Å²) >= 11 is 5.82. The number of piperidine rings is 1. The van der Waals surface area contributed by atoms with Crippen molar-refractivity contribution in [1.29, 1.82) is 0 Å². The molecule has 1 fully saturated rings. The maximum absolute atomic E-state index is 12.2. The topological polar surface area (TPSA) is 65.1 Å². The summed E-state index contributed by atoms with van der Waals surface area (Å²) in [4.78, 5) is 25.8. The maximum atomic E-state index is 12.2. The van der Waals surface area contributed by atoms with E-state index in [9.17, 15) is 9.59 Å². The van der Waals surface area contributed by atoms with E-state index in [0.717, 1.165) is 5.75 Å². The minimum absolute atomic E-state index is 0.166. The highest BCUT2D eigenvalue weighted by atomic mass is 35.5. The van der Waals surface area contributed by atoms with Crippen molar-refractivity contribution in [1.82, 2.24) is 4.90 Å². The molecule has 1 amide bonds. The molecule has 1 saturated heterocycles. The van der Waals surface area contributed by atoms with Crippen LogP contribution in [0.5, 0.6) is 5.75 Å². The highest BCUT2D eigenvalue weighted by molar-refractivity contribution is 6.30. The molecule has 0 saturated carbocycles. The zero-order valence-electron chi connectivity index (χ0n) is 16.2. The van der Waals surface area contributed by atoms with Crippen LogP contribution in [0.4, 0.5) is 4.79 Å². The van der Waals surface area contributed by atoms with Gasteiger partial charge in [0.1, 0.15) is 11.4 Å². The SMILES string of the molecule is CC(C)(C)OC(=O)N1CCC(C(=O)OCCCOc2ccc(Cl)cc2)CC1. The maximum Gasteiger partial charge on any atom is 0.410 e. The number of likely N-dealkylation sites (tertiary alicyclic amines) is 1. The second-order valence-corrected chi connectivity index (χ2v) is 8.00. The predicted molar refractivity (Wildman–Crippen MR) is 103 cm³/mol. The van der Waals surface area contributed by atoms with Gasteiger partial charge in [0.15, 0.2) is 0 Å². The van der Waals surface area contributed by atoms with Crippen LogP contribution in [-0.2, 0) is 14.3 Å². The average molecular weight is 398 g/mol. The second kappa shape index (κ2) is 9.83. The number of rotatable bonds is 6. The molecular weight excluding hydrogens is 370 g/mol. The number of hydrogen-bond donors (Lipinski definition) is 0. The average Bonchev–Trinajstić information content (AvgIpc) is 2.61. The molecule has 1 aromatic rings. The van der Waals surface area contributed by atoms with Crippen LogP contribution in [0.3, 0.4) is 0 Å². The van der Waals surface area contributed by atoms with Crippen LogP contribution >= 0.6 is 11.6 Å². The summed E-state index contributed by atoms with van der Waals surface area (Å²) in [6.45, 7) is 7.32. The van der Waals surface area contributed by atoms with Crippen LogP contribution in [0, 0.1) is 5.92 Å². The predicted octanol–water partition coefficient (Wildman–Crippen LogP) is 4.30. The molecule has 0 N–H and O–H groups in total. The number of benzene rings is 1. The quantitative estimate of drug-likeness (QED) is 0.529. The third-order valence-electron chi connectivity index (χ3n) is 4.10. The molecular formula is C20H28ClNO5. The first kappa shape index (κ1) is 21.4. The van der Waals surface area contributed by atoms with Crippen molar-refractivity contribution in [2.45, 2.75) is 45.6 Å². The highest BCUT2D eigenvalue weighted by Gasteiger charge is 2.30. The van der Waals surface area contributed by atoms with Gasteiger partial charge in [0.25, 0.3) is 0 Å². The molecule has 0 unspecified atom stereocenters. The highest BCUT2D eigenvalue weighted by Crippen LogP contribution is 2.21. The summed E-state index contributed by atoms with van der Waals surface area (Å²) in [6.07, 6.45) is 1.48. The molecule has 1 aliphatic rings. The fraction of sp³-hybridized carbons (Fsp3) is 0.600. The Hall–Kier alpha value is -1.95. The molecule has 0 atom stereocenters. The molecule has 2 rings (SSSR count). The number of nitrogens with zero attached hydrogens (tertiary/aromatic N) is 1. The molecule has 1 aliphatic heterocycles. The van der Waals surface area contributed by atoms with Gasteiger partial charge in [0.05, 0.1) is 19.1 Å². The van der Waals surface area contributed by atoms with Crippen molar-refractivity contribution in [2.24, 2.45) is 5.92 Å². The van der Waals surface area contributed by atoms with Crippen LogP contribution in [-0.4, -0.2) is 48.9 Å². The molecule has 1 aromatic carbocycles. The van der Waals surface area contributed by atoms with E-state index >= 15 is 0 Å². The lowest BCUT2D eigenvalue weighted by Gasteiger charge is -2.32. The van der Waals surface area contributed by atoms with E-state index < -0.39 is 5.60 Å². The number of carbonyl (C=O) groups is 2. The van der Waals surface area contributed by atoms with Crippen molar-refractivity contribution in [3.8, 4) is 5.75 Å². The van der Waals surface area contributed by atoms with E-state index in [-0.39, 0.29) is 18.0 Å². The van der Waals surface area contributed by atoms with Crippen molar-refractivity contribution < 1.29 is 23.8 Å². The van der Waals surface area contributed by atoms with Gasteiger partial charge in [-0.2, -0.15) is 0 Å². The standard InChI is InChI=1S/C20H28ClNO5/c1-20(2,3)27-19(24)22-11-9-15(10-12-22)18(23)26-14-4-13-25-17-7-5-16(21)6-8-17/h5-8,15H,4,9-14H2,1-3H3. The Morgan fingerprint density at radius 1 is 1.11 bits per heavy atom. The third-order valence-corrected chi connectivity index (χ3v) is 4.35. The van der Waals surface area contributed by atoms with Gasteiger partial charge in [-0.3, -0.25) is 4.79 Å². The Labute approximate surface area is 165 Å². The van der Waals surface area contributed by atoms with Crippen LogP contribution in [0.15, 0.2) is 24.3 Å². The van der Waals surface area contributed by atoms with Crippen LogP contribution in [0.25, 0.3) is 0 Å². The Bertz CT molecular complexity index is 618. The van der Waals surface area contributed by atoms with Crippen LogP contribution < -0.4 is 4.74 Å². The molecule has 0 aliphatic carbocycles. The van der Waals surface area contributed by atoms with E-state index in [1.54, 1.807) is 29.2 Å². The van der Waals surface area contributed by atoms with E-state index in [4.69, 9.17) is 25.8 Å². The van der Waals surface area contributed by atoms with E-state index in [2.05, 4.69) is 0 Å². The fourth-order valence-electron chi connectivity index (χ4n) is 2.69. The van der Waals surface area contributed by atoms with Gasteiger partial charge in [-0.25, -0.2) is 4.79 Å². The van der Waals surface area contributed by atoms with E-state index in [0.29, 0.717) is 50.6 Å². The molecule has 0 aromatic heterocycles. The summed E-state index contributed by atoms with van der Waals surface area (Å²) in [7, 11) is 0. The van der Waals surface area contributed by atoms with Crippen molar-refractivity contribution in [3.63, 3.8) is 0 Å². The Kier molecular flexibility index (Phi) is 7.78. The first-order valence-electron chi connectivity index (χ1n) is 9.27. The summed E-state index contributed by atoms with van der Waals surface area (Å²) in [6, 6.07) is 7.13. The van der Waals surface area contributed by atoms with Gasteiger partial charge in [-0.1, -0.05) is 11.6 Å². The number of halogens is 1. The third kappa shape index (κ3) is 7.67. The summed E-state index contributed by atoms with van der Waals surface area (Å²) in [5.41, 5.74) is -0.513. The van der Waals surface area contributed by atoms with Gasteiger partial charge in [-0.15, -0.1) is 0 Å². The van der Waals surface area contributed by atoms with E-state index in [1.165, 1.54) is 0 Å². The molecule has 1 heterocycles. The van der Waals surface area contributed by atoms with Crippen molar-refractivity contribution >= 4 is 23.7 Å². The molecule has 6 nitrogen and oxygen atoms in total. The number of hydrogen-bond acceptors (Lipinski definition) is 5. The smallest absolute Gasteiger partial charge is 0.410 e. The lowest BCUT2D eigenvalue weighted by molar-refractivity contribution is -0.150. The monoisotopic (exact) mass is 397 g/mol. The number of ether oxygens (including phenoxy) is 3. The number of carbonyl (C=O) groups excluding carboxylic acids is 2. The Morgan fingerprint density at radius 3 is 2.33 bits per heavy atom. The Morgan fingerprint density at radius 2 is 1.74 bits per heavy atom. The second-order valence-electron chi connectivity index (χ2n) is 7.57. The minimum atomic E-state index is -0.513. The number of esters is 1. The molecule has 0 bridgehead atoms. The van der Waals surface area contributed by atoms with Crippen LogP contribution in [0.2, 0.25) is 5.02 Å². The first-order valence-corrected chi connectivity index (χ1v) is 9.65. The van der Waals surface area contributed by atoms with Gasteiger partial charge in [0, 0.05) is 24.5 Å². The fourth-order valence-corrected chi connectivity index (χ4v) is 2.82. The minimum Gasteiger partial charge on any atom is -0.493 e. The molecule has 0 radical (unpaired) electrons. The van der Waals surface area contributed by atoms with E-state index in [1.807, 2.05) is 20.8 Å². The van der Waals surface area contributed by atoms with Crippen molar-refractivity contribution in [2.75, 3.05) is 26.3 Å². The zero-order valence-corrected chi connectivity index (χ0v) is 17.0. The van der Waals surface area contributed by atoms with Gasteiger partial charge >= 0.3 is 12.1 Å². The molecule has 0 spiro atoms. The number of amides is 1. The van der Waals surface area contributed by atoms with Gasteiger partial charge in [-0.05, 0) is 57.9 Å². The largest absolute Gasteiger partial charge is 0.493 e. The van der Waals surface area contributed by atoms with Crippen molar-refractivity contribution in [3.05, 3.63) is 29.3 Å². The molecule has 7 heteroatoms. The zero-order chi connectivity index (χ0) is 19.9. The first-order chi connectivity index (χ1) is 12.7. The summed E-state index contributed by atoms with van der Waals surface area (Å²) in [5.74, 6) is 0.367. The van der Waals surface area contributed by atoms with Gasteiger partial charge in [0.2, 0.25) is 0 Å². The summed E-state index contributed by atoms with van der Waals surface area (Å²) in [5, 5.41) is 0.661. The Balaban J connectivity index is 1.60. The molecule has 27 heavy (non-hydrogen) atoms. The normalized spacial score (nSPS) is 15.3. The van der Waals surface area contributed by atoms with Gasteiger partial charge < -0.3 is 19.1 Å². The summed E-state index contributed by atoms with van der Waals surface area (Å²) < 4.78 is 16.3.